The van der Waals surface area contributed by atoms with Gasteiger partial charge in [0.15, 0.2) is 5.69 Å². The molecular weight excluding hydrogens is 422 g/mol. The fourth-order valence-corrected chi connectivity index (χ4v) is 3.32. The van der Waals surface area contributed by atoms with Gasteiger partial charge in [0.1, 0.15) is 11.6 Å². The van der Waals surface area contributed by atoms with Crippen molar-refractivity contribution >= 4 is 40.6 Å². The second-order valence-corrected chi connectivity index (χ2v) is 8.37. The lowest BCUT2D eigenvalue weighted by Gasteiger charge is -2.26. The molecule has 0 bridgehead atoms. The molecule has 0 aliphatic carbocycles. The maximum absolute atomic E-state index is 14.0. The second-order valence-electron chi connectivity index (χ2n) is 7.55. The van der Waals surface area contributed by atoms with E-state index >= 15 is 0 Å². The van der Waals surface area contributed by atoms with Crippen LogP contribution in [0, 0.1) is 17.7 Å². The molecule has 1 heterocycles. The Morgan fingerprint density at radius 1 is 1.17 bits per heavy atom. The van der Waals surface area contributed by atoms with Crippen LogP contribution in [0.3, 0.4) is 0 Å². The molecule has 29 heavy (non-hydrogen) atoms. The molecule has 0 atom stereocenters. The van der Waals surface area contributed by atoms with Crippen LogP contribution in [0.25, 0.3) is 0 Å². The largest absolute Gasteiger partial charge is 0.383 e. The minimum Gasteiger partial charge on any atom is -0.383 e. The van der Waals surface area contributed by atoms with Crippen molar-refractivity contribution in [2.24, 2.45) is 11.8 Å². The highest BCUT2D eigenvalue weighted by molar-refractivity contribution is 6.37. The third-order valence-electron chi connectivity index (χ3n) is 4.06. The van der Waals surface area contributed by atoms with Crippen molar-refractivity contribution in [2.75, 3.05) is 17.2 Å². The van der Waals surface area contributed by atoms with Crippen LogP contribution >= 0.6 is 23.2 Å². The lowest BCUT2D eigenvalue weighted by atomic mass is 10.1. The number of aromatic nitrogens is 2. The molecule has 0 spiro atoms. The van der Waals surface area contributed by atoms with Crippen molar-refractivity contribution in [1.82, 2.24) is 9.55 Å². The standard InChI is InChI=1S/C19H23Cl2FN4O3/c1-9(2)7-25(18(28)11-5-14(22)13(21)6-12(11)20)15-16(23)26(8-10(3)4)19(29)24-17(15)27/h5-6,9-10H,7-8,23H2,1-4H3,(H,24,27,29). The van der Waals surface area contributed by atoms with E-state index < -0.39 is 23.0 Å². The van der Waals surface area contributed by atoms with E-state index in [0.717, 1.165) is 17.0 Å². The molecule has 0 unspecified atom stereocenters. The number of carbonyl (C=O) groups excluding carboxylic acids is 1. The number of nitrogens with one attached hydrogen (secondary N) is 1. The minimum absolute atomic E-state index is 0.0582. The summed E-state index contributed by atoms with van der Waals surface area (Å²) in [6.07, 6.45) is 0. The highest BCUT2D eigenvalue weighted by atomic mass is 35.5. The summed E-state index contributed by atoms with van der Waals surface area (Å²) in [6.45, 7) is 7.76. The lowest BCUT2D eigenvalue weighted by molar-refractivity contribution is 0.0983. The Hall–Kier alpha value is -2.32. The number of benzene rings is 1. The molecule has 0 aliphatic rings. The molecular formula is C19H23Cl2FN4O3. The van der Waals surface area contributed by atoms with Gasteiger partial charge < -0.3 is 10.6 Å². The summed E-state index contributed by atoms with van der Waals surface area (Å²) in [5, 5.41) is -0.300. The van der Waals surface area contributed by atoms with Gasteiger partial charge in [-0.25, -0.2) is 9.18 Å². The Kier molecular flexibility index (Phi) is 7.13. The normalized spacial score (nSPS) is 11.3. The number of aromatic amines is 1. The summed E-state index contributed by atoms with van der Waals surface area (Å²) < 4.78 is 15.2. The maximum atomic E-state index is 14.0. The van der Waals surface area contributed by atoms with Gasteiger partial charge in [0.2, 0.25) is 0 Å². The topological polar surface area (TPSA) is 101 Å². The number of nitrogens with two attached hydrogens (primary N) is 1. The van der Waals surface area contributed by atoms with E-state index in [9.17, 15) is 18.8 Å². The van der Waals surface area contributed by atoms with E-state index in [1.807, 2.05) is 27.7 Å². The minimum atomic E-state index is -0.824. The molecule has 10 heteroatoms. The van der Waals surface area contributed by atoms with E-state index in [1.54, 1.807) is 0 Å². The molecule has 2 rings (SSSR count). The summed E-state index contributed by atoms with van der Waals surface area (Å²) in [6, 6.07) is 2.03. The summed E-state index contributed by atoms with van der Waals surface area (Å²) in [5.41, 5.74) is 4.30. The van der Waals surface area contributed by atoms with Crippen LogP contribution in [0.15, 0.2) is 21.7 Å². The van der Waals surface area contributed by atoms with Crippen molar-refractivity contribution in [1.29, 1.82) is 0 Å². The summed E-state index contributed by atoms with van der Waals surface area (Å²) in [4.78, 5) is 41.3. The zero-order valence-corrected chi connectivity index (χ0v) is 18.1. The number of H-pyrrole nitrogens is 1. The maximum Gasteiger partial charge on any atom is 0.330 e. The highest BCUT2D eigenvalue weighted by Gasteiger charge is 2.28. The van der Waals surface area contributed by atoms with Crippen molar-refractivity contribution < 1.29 is 9.18 Å². The number of anilines is 2. The van der Waals surface area contributed by atoms with Crippen LogP contribution in [0.2, 0.25) is 10.0 Å². The third kappa shape index (κ3) is 5.00. The molecule has 0 saturated heterocycles. The molecule has 1 aromatic heterocycles. The van der Waals surface area contributed by atoms with Gasteiger partial charge in [-0.2, -0.15) is 0 Å². The van der Waals surface area contributed by atoms with Gasteiger partial charge in [0, 0.05) is 13.1 Å². The lowest BCUT2D eigenvalue weighted by Crippen LogP contribution is -2.43. The smallest absolute Gasteiger partial charge is 0.330 e. The van der Waals surface area contributed by atoms with Gasteiger partial charge in [-0.3, -0.25) is 19.1 Å². The Morgan fingerprint density at radius 3 is 2.34 bits per heavy atom. The second kappa shape index (κ2) is 9.00. The number of nitrogens with zero attached hydrogens (tertiary/aromatic N) is 2. The molecule has 0 radical (unpaired) electrons. The fourth-order valence-electron chi connectivity index (χ4n) is 2.86. The number of rotatable bonds is 6. The molecule has 0 fully saturated rings. The first kappa shape index (κ1) is 23.0. The van der Waals surface area contributed by atoms with E-state index in [0.29, 0.717) is 0 Å². The number of hydrogen-bond acceptors (Lipinski definition) is 4. The number of carbonyl (C=O) groups is 1. The molecule has 158 valence electrons. The number of amides is 1. The molecule has 0 saturated carbocycles. The molecule has 0 aliphatic heterocycles. The van der Waals surface area contributed by atoms with Crippen molar-refractivity contribution in [2.45, 2.75) is 34.2 Å². The van der Waals surface area contributed by atoms with E-state index in [4.69, 9.17) is 28.9 Å². The van der Waals surface area contributed by atoms with Crippen LogP contribution in [0.1, 0.15) is 38.1 Å². The van der Waals surface area contributed by atoms with E-state index in [-0.39, 0.29) is 52.0 Å². The van der Waals surface area contributed by atoms with Crippen LogP contribution in [0.4, 0.5) is 15.9 Å². The average molecular weight is 445 g/mol. The molecule has 3 N–H and O–H groups in total. The van der Waals surface area contributed by atoms with Crippen LogP contribution in [-0.2, 0) is 6.54 Å². The Labute approximate surface area is 177 Å². The first-order valence-corrected chi connectivity index (χ1v) is 9.78. The van der Waals surface area contributed by atoms with Crippen LogP contribution in [-0.4, -0.2) is 22.0 Å². The zero-order valence-electron chi connectivity index (χ0n) is 16.6. The van der Waals surface area contributed by atoms with E-state index in [1.165, 1.54) is 4.57 Å². The quantitative estimate of drug-likeness (QED) is 0.665. The van der Waals surface area contributed by atoms with Crippen LogP contribution in [0.5, 0.6) is 0 Å². The number of nitrogen functional groups attached to an aromatic ring is 1. The van der Waals surface area contributed by atoms with Gasteiger partial charge >= 0.3 is 5.69 Å². The first-order chi connectivity index (χ1) is 13.4. The first-order valence-electron chi connectivity index (χ1n) is 9.03. The number of hydrogen-bond donors (Lipinski definition) is 2. The predicted molar refractivity (Wildman–Crippen MR) is 114 cm³/mol. The Balaban J connectivity index is 2.71. The average Bonchev–Trinajstić information content (AvgIpc) is 2.59. The van der Waals surface area contributed by atoms with Gasteiger partial charge in [-0.05, 0) is 24.0 Å². The molecule has 7 nitrogen and oxygen atoms in total. The third-order valence-corrected chi connectivity index (χ3v) is 4.67. The van der Waals surface area contributed by atoms with Crippen molar-refractivity contribution in [3.8, 4) is 0 Å². The molecule has 2 aromatic rings. The Morgan fingerprint density at radius 2 is 1.79 bits per heavy atom. The summed E-state index contributed by atoms with van der Waals surface area (Å²) in [7, 11) is 0. The van der Waals surface area contributed by atoms with Gasteiger partial charge in [0.05, 0.1) is 15.6 Å². The van der Waals surface area contributed by atoms with Gasteiger partial charge in [-0.1, -0.05) is 50.9 Å². The monoisotopic (exact) mass is 444 g/mol. The fraction of sp³-hybridized carbons (Fsp3) is 0.421. The summed E-state index contributed by atoms with van der Waals surface area (Å²) in [5.74, 6) is -1.71. The molecule has 1 amide bonds. The summed E-state index contributed by atoms with van der Waals surface area (Å²) >= 11 is 11.8. The van der Waals surface area contributed by atoms with Gasteiger partial charge in [-0.15, -0.1) is 0 Å². The highest BCUT2D eigenvalue weighted by Crippen LogP contribution is 2.28. The predicted octanol–water partition coefficient (Wildman–Crippen LogP) is 3.52. The zero-order chi connectivity index (χ0) is 22.0. The van der Waals surface area contributed by atoms with Crippen molar-refractivity contribution in [3.05, 3.63) is 54.4 Å². The number of halogens is 3. The molecule has 1 aromatic carbocycles. The van der Waals surface area contributed by atoms with E-state index in [2.05, 4.69) is 4.98 Å². The van der Waals surface area contributed by atoms with Gasteiger partial charge in [0.25, 0.3) is 11.5 Å². The van der Waals surface area contributed by atoms with Crippen molar-refractivity contribution in [3.63, 3.8) is 0 Å². The Bertz CT molecular complexity index is 1050. The van der Waals surface area contributed by atoms with Crippen LogP contribution < -0.4 is 21.9 Å². The SMILES string of the molecule is CC(C)CN(C(=O)c1cc(F)c(Cl)cc1Cl)c1c(N)n(CC(C)C)c(=O)[nH]c1=O.